The Morgan fingerprint density at radius 1 is 1.33 bits per heavy atom. The molecule has 0 aromatic carbocycles. The zero-order valence-electron chi connectivity index (χ0n) is 15.2. The number of rotatable bonds is 6. The molecule has 1 saturated carbocycles. The van der Waals surface area contributed by atoms with Gasteiger partial charge in [0.25, 0.3) is 0 Å². The van der Waals surface area contributed by atoms with Crippen LogP contribution in [0.3, 0.4) is 0 Å². The van der Waals surface area contributed by atoms with Crippen molar-refractivity contribution >= 4 is 39.3 Å². The second kappa shape index (κ2) is 7.30. The van der Waals surface area contributed by atoms with Gasteiger partial charge in [-0.25, -0.2) is 4.98 Å². The SMILES string of the molecule is CCn1cc(Nc2ncc(Br)c(N[C@@H]3[C@H](C(=O)NC)[C@@H]4C=C[C@@H]3C4)n2)cn1. The number of aryl methyl sites for hydroxylation is 1. The molecule has 0 unspecified atom stereocenters. The number of aromatic nitrogens is 4. The lowest BCUT2D eigenvalue weighted by Gasteiger charge is -2.28. The average molecular weight is 432 g/mol. The van der Waals surface area contributed by atoms with Crippen LogP contribution in [0.15, 0.2) is 35.2 Å². The van der Waals surface area contributed by atoms with Crippen molar-refractivity contribution in [2.75, 3.05) is 17.7 Å². The van der Waals surface area contributed by atoms with E-state index in [0.29, 0.717) is 17.7 Å². The maximum atomic E-state index is 12.4. The summed E-state index contributed by atoms with van der Waals surface area (Å²) in [6.45, 7) is 2.83. The van der Waals surface area contributed by atoms with Crippen LogP contribution in [-0.4, -0.2) is 38.7 Å². The van der Waals surface area contributed by atoms with Gasteiger partial charge >= 0.3 is 0 Å². The van der Waals surface area contributed by atoms with Gasteiger partial charge in [-0.05, 0) is 41.1 Å². The second-order valence-corrected chi connectivity index (χ2v) is 7.71. The Morgan fingerprint density at radius 3 is 2.89 bits per heavy atom. The fraction of sp³-hybridized carbons (Fsp3) is 0.444. The van der Waals surface area contributed by atoms with Crippen LogP contribution in [-0.2, 0) is 11.3 Å². The Balaban J connectivity index is 1.54. The lowest BCUT2D eigenvalue weighted by molar-refractivity contribution is -0.125. The summed E-state index contributed by atoms with van der Waals surface area (Å²) in [5.74, 6) is 1.75. The minimum atomic E-state index is -0.0916. The van der Waals surface area contributed by atoms with Crippen molar-refractivity contribution in [1.82, 2.24) is 25.1 Å². The molecular formula is C18H22BrN7O. The highest BCUT2D eigenvalue weighted by atomic mass is 79.9. The quantitative estimate of drug-likeness (QED) is 0.608. The van der Waals surface area contributed by atoms with Crippen LogP contribution in [0, 0.1) is 17.8 Å². The van der Waals surface area contributed by atoms with Crippen molar-refractivity contribution in [2.24, 2.45) is 17.8 Å². The summed E-state index contributed by atoms with van der Waals surface area (Å²) in [7, 11) is 1.69. The molecule has 1 fully saturated rings. The molecule has 3 N–H and O–H groups in total. The lowest BCUT2D eigenvalue weighted by Crippen LogP contribution is -2.42. The molecule has 2 bridgehead atoms. The number of nitrogens with zero attached hydrogens (tertiary/aromatic N) is 4. The van der Waals surface area contributed by atoms with E-state index in [1.165, 1.54) is 0 Å². The van der Waals surface area contributed by atoms with Crippen LogP contribution in [0.4, 0.5) is 17.5 Å². The molecule has 2 aromatic heterocycles. The van der Waals surface area contributed by atoms with Gasteiger partial charge in [0.2, 0.25) is 11.9 Å². The molecule has 4 rings (SSSR count). The van der Waals surface area contributed by atoms with Gasteiger partial charge in [0.05, 0.1) is 22.3 Å². The van der Waals surface area contributed by atoms with Crippen LogP contribution < -0.4 is 16.0 Å². The third-order valence-corrected chi connectivity index (χ3v) is 5.85. The van der Waals surface area contributed by atoms with Gasteiger partial charge in [-0.2, -0.15) is 10.1 Å². The predicted molar refractivity (Wildman–Crippen MR) is 107 cm³/mol. The third-order valence-electron chi connectivity index (χ3n) is 5.27. The van der Waals surface area contributed by atoms with Crippen molar-refractivity contribution in [2.45, 2.75) is 25.9 Å². The number of hydrogen-bond donors (Lipinski definition) is 3. The van der Waals surface area contributed by atoms with Gasteiger partial charge in [0, 0.05) is 32.0 Å². The topological polar surface area (TPSA) is 96.8 Å². The molecule has 4 atom stereocenters. The molecule has 142 valence electrons. The van der Waals surface area contributed by atoms with Crippen molar-refractivity contribution < 1.29 is 4.79 Å². The van der Waals surface area contributed by atoms with Crippen LogP contribution in [0.2, 0.25) is 0 Å². The highest BCUT2D eigenvalue weighted by molar-refractivity contribution is 9.10. The molecule has 0 radical (unpaired) electrons. The van der Waals surface area contributed by atoms with Crippen LogP contribution in [0.25, 0.3) is 0 Å². The summed E-state index contributed by atoms with van der Waals surface area (Å²) < 4.78 is 2.59. The smallest absolute Gasteiger partial charge is 0.229 e. The fourth-order valence-corrected chi connectivity index (χ4v) is 4.27. The van der Waals surface area contributed by atoms with Crippen LogP contribution in [0.5, 0.6) is 0 Å². The standard InChI is InChI=1S/C18H22BrN7O/c1-3-26-9-12(7-22-26)23-18-21-8-13(19)16(25-18)24-15-11-5-4-10(6-11)14(15)17(27)20-2/h4-5,7-11,14-15H,3,6H2,1-2H3,(H,20,27)(H2,21,23,24,25)/t10-,11-,14-,15+/m1/s1. The summed E-state index contributed by atoms with van der Waals surface area (Å²) in [4.78, 5) is 21.3. The molecule has 9 heteroatoms. The Bertz CT molecular complexity index is 880. The van der Waals surface area contributed by atoms with E-state index in [9.17, 15) is 4.79 Å². The highest BCUT2D eigenvalue weighted by Gasteiger charge is 2.48. The Hall–Kier alpha value is -2.42. The normalized spacial score (nSPS) is 25.6. The first kappa shape index (κ1) is 18.0. The van der Waals surface area contributed by atoms with E-state index in [4.69, 9.17) is 0 Å². The Kier molecular flexibility index (Phi) is 4.86. The monoisotopic (exact) mass is 431 g/mol. The molecule has 8 nitrogen and oxygen atoms in total. The Morgan fingerprint density at radius 2 is 2.15 bits per heavy atom. The maximum Gasteiger partial charge on any atom is 0.229 e. The number of amides is 1. The zero-order valence-corrected chi connectivity index (χ0v) is 16.8. The van der Waals surface area contributed by atoms with Gasteiger partial charge in [0.1, 0.15) is 5.82 Å². The van der Waals surface area contributed by atoms with Gasteiger partial charge in [-0.15, -0.1) is 0 Å². The van der Waals surface area contributed by atoms with E-state index in [0.717, 1.165) is 23.1 Å². The minimum absolute atomic E-state index is 0.0156. The first-order chi connectivity index (χ1) is 13.1. The summed E-state index contributed by atoms with van der Waals surface area (Å²) in [6.07, 6.45) is 10.7. The number of halogens is 1. The van der Waals surface area contributed by atoms with Crippen molar-refractivity contribution in [3.05, 3.63) is 35.2 Å². The number of allylic oxidation sites excluding steroid dienone is 1. The van der Waals surface area contributed by atoms with E-state index in [1.54, 1.807) is 19.4 Å². The molecule has 2 heterocycles. The average Bonchev–Trinajstić information content (AvgIpc) is 3.40. The number of carbonyl (C=O) groups is 1. The van der Waals surface area contributed by atoms with Gasteiger partial charge in [0.15, 0.2) is 0 Å². The first-order valence-corrected chi connectivity index (χ1v) is 9.86. The summed E-state index contributed by atoms with van der Waals surface area (Å²) in [5, 5.41) is 13.7. The third kappa shape index (κ3) is 3.43. The maximum absolute atomic E-state index is 12.4. The molecule has 2 aliphatic rings. The first-order valence-electron chi connectivity index (χ1n) is 9.07. The van der Waals surface area contributed by atoms with E-state index < -0.39 is 0 Å². The molecule has 2 aromatic rings. The van der Waals surface area contributed by atoms with E-state index >= 15 is 0 Å². The zero-order chi connectivity index (χ0) is 19.0. The highest BCUT2D eigenvalue weighted by Crippen LogP contribution is 2.45. The minimum Gasteiger partial charge on any atom is -0.365 e. The number of anilines is 3. The fourth-order valence-electron chi connectivity index (χ4n) is 3.96. The van der Waals surface area contributed by atoms with Crippen molar-refractivity contribution in [3.8, 4) is 0 Å². The lowest BCUT2D eigenvalue weighted by atomic mass is 9.88. The number of fused-ring (bicyclic) bond motifs is 2. The molecule has 2 aliphatic carbocycles. The van der Waals surface area contributed by atoms with Crippen LogP contribution in [0.1, 0.15) is 13.3 Å². The number of nitrogens with one attached hydrogen (secondary N) is 3. The molecule has 0 saturated heterocycles. The van der Waals surface area contributed by atoms with Gasteiger partial charge < -0.3 is 16.0 Å². The largest absolute Gasteiger partial charge is 0.365 e. The number of hydrogen-bond acceptors (Lipinski definition) is 6. The van der Waals surface area contributed by atoms with Crippen molar-refractivity contribution in [1.29, 1.82) is 0 Å². The van der Waals surface area contributed by atoms with E-state index in [2.05, 4.69) is 59.1 Å². The Labute approximate surface area is 166 Å². The van der Waals surface area contributed by atoms with Crippen LogP contribution >= 0.6 is 15.9 Å². The summed E-state index contributed by atoms with van der Waals surface area (Å²) >= 11 is 3.52. The summed E-state index contributed by atoms with van der Waals surface area (Å²) in [5.41, 5.74) is 0.830. The van der Waals surface area contributed by atoms with Gasteiger partial charge in [-0.3, -0.25) is 9.48 Å². The van der Waals surface area contributed by atoms with E-state index in [-0.39, 0.29) is 23.8 Å². The molecule has 0 aliphatic heterocycles. The molecular weight excluding hydrogens is 410 g/mol. The predicted octanol–water partition coefficient (Wildman–Crippen LogP) is 2.55. The second-order valence-electron chi connectivity index (χ2n) is 6.86. The number of carbonyl (C=O) groups excluding carboxylic acids is 1. The van der Waals surface area contributed by atoms with E-state index in [1.807, 2.05) is 17.8 Å². The van der Waals surface area contributed by atoms with Crippen molar-refractivity contribution in [3.63, 3.8) is 0 Å². The molecule has 0 spiro atoms. The summed E-state index contributed by atoms with van der Waals surface area (Å²) in [6, 6.07) is 0.0156. The van der Waals surface area contributed by atoms with Gasteiger partial charge in [-0.1, -0.05) is 12.2 Å². The molecule has 1 amide bonds. The molecule has 27 heavy (non-hydrogen) atoms.